The highest BCUT2D eigenvalue weighted by Gasteiger charge is 2.21. The van der Waals surface area contributed by atoms with E-state index < -0.39 is 11.9 Å². The first kappa shape index (κ1) is 22.3. The number of carbonyl (C=O) groups excluding carboxylic acids is 3. The lowest BCUT2D eigenvalue weighted by Gasteiger charge is -2.26. The van der Waals surface area contributed by atoms with Gasteiger partial charge in [-0.2, -0.15) is 0 Å². The van der Waals surface area contributed by atoms with Gasteiger partial charge in [0, 0.05) is 24.5 Å². The fourth-order valence-corrected chi connectivity index (χ4v) is 3.68. The van der Waals surface area contributed by atoms with Gasteiger partial charge in [-0.1, -0.05) is 36.4 Å². The van der Waals surface area contributed by atoms with E-state index in [4.69, 9.17) is 9.47 Å². The molecule has 1 aromatic carbocycles. The summed E-state index contributed by atoms with van der Waals surface area (Å²) in [7, 11) is 0. The maximum absolute atomic E-state index is 12.4. The Bertz CT molecular complexity index is 991. The van der Waals surface area contributed by atoms with Gasteiger partial charge in [-0.05, 0) is 44.4 Å². The van der Waals surface area contributed by atoms with E-state index in [-0.39, 0.29) is 25.7 Å². The monoisotopic (exact) mass is 424 g/mol. The molecular weight excluding hydrogens is 396 g/mol. The molecule has 7 heteroatoms. The number of amides is 1. The lowest BCUT2D eigenvalue weighted by Crippen LogP contribution is -2.37. The molecule has 31 heavy (non-hydrogen) atoms. The highest BCUT2D eigenvalue weighted by atomic mass is 16.5. The number of ether oxygens (including phenoxy) is 2. The number of carbonyl (C=O) groups is 3. The van der Waals surface area contributed by atoms with Crippen LogP contribution < -0.4 is 0 Å². The second kappa shape index (κ2) is 10.1. The fraction of sp³-hybridized carbons (Fsp3) is 0.375. The van der Waals surface area contributed by atoms with Crippen LogP contribution >= 0.6 is 0 Å². The van der Waals surface area contributed by atoms with Crippen LogP contribution in [0, 0.1) is 13.8 Å². The average Bonchev–Trinajstić information content (AvgIpc) is 3.06. The topological polar surface area (TPSA) is 77.8 Å². The molecule has 0 saturated heterocycles. The molecule has 0 bridgehead atoms. The van der Waals surface area contributed by atoms with Crippen LogP contribution in [0.2, 0.25) is 0 Å². The van der Waals surface area contributed by atoms with Gasteiger partial charge in [0.1, 0.15) is 6.54 Å². The van der Waals surface area contributed by atoms with Gasteiger partial charge in [-0.3, -0.25) is 9.59 Å². The zero-order valence-electron chi connectivity index (χ0n) is 18.2. The van der Waals surface area contributed by atoms with E-state index in [1.54, 1.807) is 36.3 Å². The number of aryl methyl sites for hydroxylation is 1. The van der Waals surface area contributed by atoms with Gasteiger partial charge < -0.3 is 18.9 Å². The number of esters is 2. The van der Waals surface area contributed by atoms with Crippen LogP contribution in [0.3, 0.4) is 0 Å². The molecule has 0 N–H and O–H groups in total. The second-order valence-corrected chi connectivity index (χ2v) is 7.44. The van der Waals surface area contributed by atoms with Gasteiger partial charge in [0.05, 0.1) is 12.2 Å². The Morgan fingerprint density at radius 1 is 1.06 bits per heavy atom. The van der Waals surface area contributed by atoms with Crippen LogP contribution in [0.5, 0.6) is 0 Å². The summed E-state index contributed by atoms with van der Waals surface area (Å²) in [4.78, 5) is 38.5. The van der Waals surface area contributed by atoms with Gasteiger partial charge in [0.15, 0.2) is 6.61 Å². The molecule has 0 unspecified atom stereocenters. The van der Waals surface area contributed by atoms with E-state index in [9.17, 15) is 14.4 Å². The first-order valence-corrected chi connectivity index (χ1v) is 10.4. The number of rotatable bonds is 7. The molecular formula is C24H28N2O5. The first-order valence-electron chi connectivity index (χ1n) is 10.4. The van der Waals surface area contributed by atoms with E-state index in [1.807, 2.05) is 24.3 Å². The molecule has 2 aromatic rings. The summed E-state index contributed by atoms with van der Waals surface area (Å²) in [6, 6.07) is 11.8. The largest absolute Gasteiger partial charge is 0.462 e. The molecule has 0 spiro atoms. The normalized spacial score (nSPS) is 13.5. The molecule has 0 atom stereocenters. The van der Waals surface area contributed by atoms with Crippen molar-refractivity contribution in [1.29, 1.82) is 0 Å². The highest BCUT2D eigenvalue weighted by molar-refractivity contribution is 5.91. The molecule has 1 amide bonds. The summed E-state index contributed by atoms with van der Waals surface area (Å²) in [5.74, 6) is -1.16. The summed E-state index contributed by atoms with van der Waals surface area (Å²) in [5.41, 5.74) is 4.20. The zero-order chi connectivity index (χ0) is 22.4. The minimum Gasteiger partial charge on any atom is -0.462 e. The van der Waals surface area contributed by atoms with Crippen molar-refractivity contribution >= 4 is 23.4 Å². The SMILES string of the molecule is CCOC(=O)c1cc(C)n(CC(=O)OCC(=O)N2CC=C(c3ccccc3)CC2)c1C. The number of hydrogen-bond donors (Lipinski definition) is 0. The molecule has 3 rings (SSSR count). The predicted octanol–water partition coefficient (Wildman–Crippen LogP) is 3.14. The van der Waals surface area contributed by atoms with Crippen molar-refractivity contribution < 1.29 is 23.9 Å². The van der Waals surface area contributed by atoms with E-state index in [1.165, 1.54) is 11.1 Å². The van der Waals surface area contributed by atoms with Crippen molar-refractivity contribution in [3.8, 4) is 0 Å². The van der Waals surface area contributed by atoms with E-state index in [0.717, 1.165) is 12.1 Å². The average molecular weight is 424 g/mol. The van der Waals surface area contributed by atoms with E-state index in [0.29, 0.717) is 24.3 Å². The summed E-state index contributed by atoms with van der Waals surface area (Å²) >= 11 is 0. The smallest absolute Gasteiger partial charge is 0.339 e. The van der Waals surface area contributed by atoms with Crippen molar-refractivity contribution in [2.75, 3.05) is 26.3 Å². The first-order chi connectivity index (χ1) is 14.9. The van der Waals surface area contributed by atoms with Crippen LogP contribution in [0.25, 0.3) is 5.57 Å². The number of hydrogen-bond acceptors (Lipinski definition) is 5. The Morgan fingerprint density at radius 2 is 1.81 bits per heavy atom. The van der Waals surface area contributed by atoms with Crippen LogP contribution in [-0.2, 0) is 25.6 Å². The van der Waals surface area contributed by atoms with Crippen LogP contribution in [0.1, 0.15) is 40.7 Å². The lowest BCUT2D eigenvalue weighted by atomic mass is 10.00. The van der Waals surface area contributed by atoms with Gasteiger partial charge in [-0.25, -0.2) is 4.79 Å². The Labute approximate surface area is 182 Å². The molecule has 7 nitrogen and oxygen atoms in total. The Morgan fingerprint density at radius 3 is 2.45 bits per heavy atom. The summed E-state index contributed by atoms with van der Waals surface area (Å²) in [6.07, 6.45) is 2.81. The summed E-state index contributed by atoms with van der Waals surface area (Å²) in [5, 5.41) is 0. The van der Waals surface area contributed by atoms with Crippen molar-refractivity contribution in [3.05, 3.63) is 65.0 Å². The zero-order valence-corrected chi connectivity index (χ0v) is 18.2. The number of benzene rings is 1. The number of nitrogens with zero attached hydrogens (tertiary/aromatic N) is 2. The highest BCUT2D eigenvalue weighted by Crippen LogP contribution is 2.22. The maximum Gasteiger partial charge on any atom is 0.339 e. The third kappa shape index (κ3) is 5.42. The minimum atomic E-state index is -0.525. The van der Waals surface area contributed by atoms with Crippen molar-refractivity contribution in [2.45, 2.75) is 33.7 Å². The second-order valence-electron chi connectivity index (χ2n) is 7.44. The van der Waals surface area contributed by atoms with Crippen molar-refractivity contribution in [1.82, 2.24) is 9.47 Å². The van der Waals surface area contributed by atoms with Gasteiger partial charge in [0.2, 0.25) is 0 Å². The fourth-order valence-electron chi connectivity index (χ4n) is 3.68. The van der Waals surface area contributed by atoms with Crippen molar-refractivity contribution in [3.63, 3.8) is 0 Å². The van der Waals surface area contributed by atoms with Crippen LogP contribution in [0.15, 0.2) is 42.5 Å². The Hall–Kier alpha value is -3.35. The molecule has 2 heterocycles. The van der Waals surface area contributed by atoms with E-state index >= 15 is 0 Å². The third-order valence-corrected chi connectivity index (χ3v) is 5.42. The molecule has 1 aromatic heterocycles. The lowest BCUT2D eigenvalue weighted by molar-refractivity contribution is -0.152. The predicted molar refractivity (Wildman–Crippen MR) is 116 cm³/mol. The molecule has 0 aliphatic carbocycles. The third-order valence-electron chi connectivity index (χ3n) is 5.42. The van der Waals surface area contributed by atoms with Gasteiger partial charge in [0.25, 0.3) is 5.91 Å². The quantitative estimate of drug-likeness (QED) is 0.638. The summed E-state index contributed by atoms with van der Waals surface area (Å²) < 4.78 is 11.9. The van der Waals surface area contributed by atoms with Crippen LogP contribution in [0.4, 0.5) is 0 Å². The maximum atomic E-state index is 12.4. The minimum absolute atomic E-state index is 0.0671. The standard InChI is InChI=1S/C24H28N2O5/c1-4-30-24(29)21-14-17(2)26(18(21)3)15-23(28)31-16-22(27)25-12-10-20(11-13-25)19-8-6-5-7-9-19/h5-10,14H,4,11-13,15-16H2,1-3H3. The Balaban J connectivity index is 1.52. The molecule has 0 saturated carbocycles. The molecule has 0 radical (unpaired) electrons. The van der Waals surface area contributed by atoms with Gasteiger partial charge >= 0.3 is 11.9 Å². The van der Waals surface area contributed by atoms with Crippen LogP contribution in [-0.4, -0.2) is 53.6 Å². The molecule has 1 aliphatic heterocycles. The Kier molecular flexibility index (Phi) is 7.28. The van der Waals surface area contributed by atoms with Gasteiger partial charge in [-0.15, -0.1) is 0 Å². The number of aromatic nitrogens is 1. The summed E-state index contributed by atoms with van der Waals surface area (Å²) in [6.45, 7) is 6.31. The van der Waals surface area contributed by atoms with Crippen molar-refractivity contribution in [2.24, 2.45) is 0 Å². The molecule has 164 valence electrons. The molecule has 1 aliphatic rings. The molecule has 0 fully saturated rings. The van der Waals surface area contributed by atoms with E-state index in [2.05, 4.69) is 12.1 Å².